The maximum atomic E-state index is 12.6. The van der Waals surface area contributed by atoms with E-state index < -0.39 is 0 Å². The van der Waals surface area contributed by atoms with Crippen LogP contribution in [0.4, 0.5) is 0 Å². The van der Waals surface area contributed by atoms with Crippen molar-refractivity contribution in [1.29, 1.82) is 0 Å². The van der Waals surface area contributed by atoms with Crippen LogP contribution in [0.1, 0.15) is 52.4 Å². The Hall–Kier alpha value is -0.610. The Morgan fingerprint density at radius 1 is 1.25 bits per heavy atom. The molecule has 3 rings (SSSR count). The van der Waals surface area contributed by atoms with E-state index in [9.17, 15) is 4.79 Å². The highest BCUT2D eigenvalue weighted by atomic mass is 16.2. The number of rotatable bonds is 4. The molecule has 0 aliphatic carbocycles. The van der Waals surface area contributed by atoms with Gasteiger partial charge >= 0.3 is 0 Å². The van der Waals surface area contributed by atoms with E-state index in [1.165, 1.54) is 38.5 Å². The fourth-order valence-corrected chi connectivity index (χ4v) is 4.49. The third kappa shape index (κ3) is 2.73. The van der Waals surface area contributed by atoms with E-state index in [1.54, 1.807) is 0 Å². The van der Waals surface area contributed by atoms with Crippen LogP contribution in [0.2, 0.25) is 0 Å². The van der Waals surface area contributed by atoms with Gasteiger partial charge in [0.25, 0.3) is 0 Å². The van der Waals surface area contributed by atoms with Crippen molar-refractivity contribution in [2.24, 2.45) is 0 Å². The van der Waals surface area contributed by atoms with Crippen molar-refractivity contribution in [3.05, 3.63) is 0 Å². The summed E-state index contributed by atoms with van der Waals surface area (Å²) in [6.07, 6.45) is 7.47. The maximum absolute atomic E-state index is 12.6. The maximum Gasteiger partial charge on any atom is 0.239 e. The molecule has 3 atom stereocenters. The number of carbonyl (C=O) groups excluding carboxylic acids is 1. The Labute approximate surface area is 122 Å². The topological polar surface area (TPSA) is 35.6 Å². The van der Waals surface area contributed by atoms with Gasteiger partial charge in [0, 0.05) is 31.2 Å². The molecule has 3 heterocycles. The summed E-state index contributed by atoms with van der Waals surface area (Å²) in [7, 11) is 0. The molecular weight excluding hydrogens is 250 g/mol. The van der Waals surface area contributed by atoms with Crippen LogP contribution in [0.25, 0.3) is 0 Å². The number of likely N-dealkylation sites (tertiary alicyclic amines) is 1. The highest BCUT2D eigenvalue weighted by Gasteiger charge is 2.38. The molecule has 2 bridgehead atoms. The Bertz CT molecular complexity index is 342. The molecule has 3 aliphatic rings. The SMILES string of the molecule is CCN(C1CC2CCC(C1)N2)C(C)C(=O)N1CCCC1. The number of nitrogens with one attached hydrogen (secondary N) is 1. The zero-order chi connectivity index (χ0) is 14.1. The number of amides is 1. The number of piperidine rings is 1. The molecule has 0 radical (unpaired) electrons. The summed E-state index contributed by atoms with van der Waals surface area (Å²) in [5, 5.41) is 3.70. The summed E-state index contributed by atoms with van der Waals surface area (Å²) < 4.78 is 0. The molecule has 0 saturated carbocycles. The lowest BCUT2D eigenvalue weighted by Crippen LogP contribution is -2.55. The fraction of sp³-hybridized carbons (Fsp3) is 0.938. The monoisotopic (exact) mass is 279 g/mol. The van der Waals surface area contributed by atoms with Gasteiger partial charge in [-0.05, 0) is 52.0 Å². The molecule has 1 N–H and O–H groups in total. The number of likely N-dealkylation sites (N-methyl/N-ethyl adjacent to an activating group) is 1. The van der Waals surface area contributed by atoms with Crippen molar-refractivity contribution in [2.45, 2.75) is 76.5 Å². The van der Waals surface area contributed by atoms with Crippen LogP contribution in [0.15, 0.2) is 0 Å². The lowest BCUT2D eigenvalue weighted by Gasteiger charge is -2.40. The van der Waals surface area contributed by atoms with Gasteiger partial charge in [0.1, 0.15) is 0 Å². The Morgan fingerprint density at radius 3 is 2.40 bits per heavy atom. The molecule has 0 aromatic carbocycles. The molecular formula is C16H29N3O. The first-order valence-electron chi connectivity index (χ1n) is 8.49. The van der Waals surface area contributed by atoms with E-state index in [2.05, 4.69) is 29.0 Å². The molecule has 20 heavy (non-hydrogen) atoms. The van der Waals surface area contributed by atoms with Crippen molar-refractivity contribution in [1.82, 2.24) is 15.1 Å². The molecule has 3 saturated heterocycles. The van der Waals surface area contributed by atoms with Crippen LogP contribution in [0.5, 0.6) is 0 Å². The number of nitrogens with zero attached hydrogens (tertiary/aromatic N) is 2. The molecule has 1 amide bonds. The van der Waals surface area contributed by atoms with E-state index in [4.69, 9.17) is 0 Å². The van der Waals surface area contributed by atoms with Gasteiger partial charge < -0.3 is 10.2 Å². The van der Waals surface area contributed by atoms with Gasteiger partial charge in [0.2, 0.25) is 5.91 Å². The molecule has 0 spiro atoms. The Morgan fingerprint density at radius 2 is 1.85 bits per heavy atom. The molecule has 4 nitrogen and oxygen atoms in total. The van der Waals surface area contributed by atoms with Gasteiger partial charge in [-0.3, -0.25) is 9.69 Å². The molecule has 3 unspecified atom stereocenters. The average molecular weight is 279 g/mol. The van der Waals surface area contributed by atoms with Gasteiger partial charge in [-0.15, -0.1) is 0 Å². The van der Waals surface area contributed by atoms with Crippen LogP contribution in [-0.2, 0) is 4.79 Å². The van der Waals surface area contributed by atoms with Gasteiger partial charge in [-0.2, -0.15) is 0 Å². The molecule has 4 heteroatoms. The second-order valence-corrected chi connectivity index (χ2v) is 6.80. The smallest absolute Gasteiger partial charge is 0.239 e. The predicted molar refractivity (Wildman–Crippen MR) is 80.6 cm³/mol. The Kier molecular flexibility index (Phi) is 4.32. The minimum Gasteiger partial charge on any atom is -0.341 e. The van der Waals surface area contributed by atoms with Crippen LogP contribution in [0.3, 0.4) is 0 Å². The first kappa shape index (κ1) is 14.3. The first-order chi connectivity index (χ1) is 9.69. The third-order valence-electron chi connectivity index (χ3n) is 5.55. The summed E-state index contributed by atoms with van der Waals surface area (Å²) in [5.41, 5.74) is 0. The molecule has 114 valence electrons. The number of hydrogen-bond donors (Lipinski definition) is 1. The van der Waals surface area contributed by atoms with E-state index in [0.29, 0.717) is 24.0 Å². The van der Waals surface area contributed by atoms with E-state index >= 15 is 0 Å². The second kappa shape index (κ2) is 6.02. The van der Waals surface area contributed by atoms with Crippen LogP contribution >= 0.6 is 0 Å². The van der Waals surface area contributed by atoms with E-state index in [0.717, 1.165) is 19.6 Å². The van der Waals surface area contributed by atoms with Crippen molar-refractivity contribution >= 4 is 5.91 Å². The summed E-state index contributed by atoms with van der Waals surface area (Å²) >= 11 is 0. The summed E-state index contributed by atoms with van der Waals surface area (Å²) in [6, 6.07) is 2.05. The zero-order valence-corrected chi connectivity index (χ0v) is 13.0. The van der Waals surface area contributed by atoms with Crippen molar-refractivity contribution in [2.75, 3.05) is 19.6 Å². The molecule has 0 aromatic heterocycles. The van der Waals surface area contributed by atoms with E-state index in [1.807, 2.05) is 0 Å². The molecule has 3 fully saturated rings. The summed E-state index contributed by atoms with van der Waals surface area (Å²) in [6.45, 7) is 7.26. The van der Waals surface area contributed by atoms with Crippen LogP contribution in [0, 0.1) is 0 Å². The predicted octanol–water partition coefficient (Wildman–Crippen LogP) is 1.60. The molecule has 0 aromatic rings. The number of fused-ring (bicyclic) bond motifs is 2. The zero-order valence-electron chi connectivity index (χ0n) is 13.0. The lowest BCUT2D eigenvalue weighted by atomic mass is 9.96. The van der Waals surface area contributed by atoms with Crippen molar-refractivity contribution < 1.29 is 4.79 Å². The lowest BCUT2D eigenvalue weighted by molar-refractivity contribution is -0.136. The first-order valence-corrected chi connectivity index (χ1v) is 8.49. The average Bonchev–Trinajstić information content (AvgIpc) is 3.09. The fourth-order valence-electron chi connectivity index (χ4n) is 4.49. The van der Waals surface area contributed by atoms with Gasteiger partial charge in [-0.1, -0.05) is 6.92 Å². The minimum absolute atomic E-state index is 0.0561. The van der Waals surface area contributed by atoms with Crippen molar-refractivity contribution in [3.8, 4) is 0 Å². The largest absolute Gasteiger partial charge is 0.341 e. The molecule has 3 aliphatic heterocycles. The number of hydrogen-bond acceptors (Lipinski definition) is 3. The minimum atomic E-state index is 0.0561. The van der Waals surface area contributed by atoms with Gasteiger partial charge in [0.15, 0.2) is 0 Å². The highest BCUT2D eigenvalue weighted by Crippen LogP contribution is 2.31. The van der Waals surface area contributed by atoms with E-state index in [-0.39, 0.29) is 6.04 Å². The normalized spacial score (nSPS) is 34.8. The van der Waals surface area contributed by atoms with Crippen LogP contribution < -0.4 is 5.32 Å². The summed E-state index contributed by atoms with van der Waals surface area (Å²) in [5.74, 6) is 0.357. The quantitative estimate of drug-likeness (QED) is 0.849. The highest BCUT2D eigenvalue weighted by molar-refractivity contribution is 5.81. The Balaban J connectivity index is 1.64. The standard InChI is InChI=1S/C16H29N3O/c1-3-19(12(2)16(20)18-8-4-5-9-18)15-10-13-6-7-14(11-15)17-13/h12-15,17H,3-11H2,1-2H3. The van der Waals surface area contributed by atoms with Gasteiger partial charge in [-0.25, -0.2) is 0 Å². The van der Waals surface area contributed by atoms with Crippen molar-refractivity contribution in [3.63, 3.8) is 0 Å². The van der Waals surface area contributed by atoms with Gasteiger partial charge in [0.05, 0.1) is 6.04 Å². The summed E-state index contributed by atoms with van der Waals surface area (Å²) in [4.78, 5) is 17.2. The van der Waals surface area contributed by atoms with Crippen LogP contribution in [-0.4, -0.2) is 59.5 Å². The third-order valence-corrected chi connectivity index (χ3v) is 5.55. The number of carbonyl (C=O) groups is 1. The second-order valence-electron chi connectivity index (χ2n) is 6.80.